The Labute approximate surface area is 123 Å². The minimum Gasteiger partial charge on any atom is -0.348 e. The number of hydrogen-bond acceptors (Lipinski definition) is 1. The predicted molar refractivity (Wildman–Crippen MR) is 76.4 cm³/mol. The number of benzene rings is 2. The lowest BCUT2D eigenvalue weighted by Gasteiger charge is -2.09. The first-order valence-corrected chi connectivity index (χ1v) is 6.75. The quantitative estimate of drug-likeness (QED) is 0.900. The van der Waals surface area contributed by atoms with Crippen LogP contribution in [-0.4, -0.2) is 5.91 Å². The molecule has 0 saturated carbocycles. The van der Waals surface area contributed by atoms with Crippen LogP contribution < -0.4 is 5.32 Å². The van der Waals surface area contributed by atoms with Crippen molar-refractivity contribution in [3.63, 3.8) is 0 Å². The Bertz CT molecular complexity index is 658. The van der Waals surface area contributed by atoms with Gasteiger partial charge in [-0.15, -0.1) is 0 Å². The number of amides is 1. The Hall–Kier alpha value is -1.75. The van der Waals surface area contributed by atoms with Gasteiger partial charge in [-0.1, -0.05) is 22.0 Å². The number of nitrogens with one attached hydrogen (secondary N) is 1. The van der Waals surface area contributed by atoms with E-state index in [1.165, 1.54) is 0 Å². The average Bonchev–Trinajstić information content (AvgIpc) is 2.42. The van der Waals surface area contributed by atoms with E-state index in [1.54, 1.807) is 12.1 Å². The van der Waals surface area contributed by atoms with Crippen molar-refractivity contribution in [2.24, 2.45) is 0 Å². The summed E-state index contributed by atoms with van der Waals surface area (Å²) in [5.74, 6) is -1.40. The zero-order valence-electron chi connectivity index (χ0n) is 10.7. The molecule has 2 rings (SSSR count). The Morgan fingerprint density at radius 3 is 2.75 bits per heavy atom. The van der Waals surface area contributed by atoms with E-state index in [-0.39, 0.29) is 18.0 Å². The van der Waals surface area contributed by atoms with E-state index in [4.69, 9.17) is 0 Å². The molecule has 0 unspecified atom stereocenters. The first-order valence-electron chi connectivity index (χ1n) is 5.96. The van der Waals surface area contributed by atoms with Gasteiger partial charge in [-0.25, -0.2) is 8.78 Å². The van der Waals surface area contributed by atoms with Gasteiger partial charge in [0, 0.05) is 22.1 Å². The minimum atomic E-state index is -0.544. The maximum atomic E-state index is 13.4. The molecule has 0 bridgehead atoms. The first-order chi connectivity index (χ1) is 9.49. The van der Waals surface area contributed by atoms with Gasteiger partial charge in [0.05, 0.1) is 0 Å². The highest BCUT2D eigenvalue weighted by Crippen LogP contribution is 2.19. The molecule has 0 radical (unpaired) electrons. The van der Waals surface area contributed by atoms with Crippen LogP contribution in [0.25, 0.3) is 0 Å². The van der Waals surface area contributed by atoms with Crippen molar-refractivity contribution in [3.8, 4) is 0 Å². The summed E-state index contributed by atoms with van der Waals surface area (Å²) in [5.41, 5.74) is 1.41. The van der Waals surface area contributed by atoms with Crippen LogP contribution in [0.3, 0.4) is 0 Å². The summed E-state index contributed by atoms with van der Waals surface area (Å²) in [5, 5.41) is 2.58. The molecule has 2 aromatic carbocycles. The highest BCUT2D eigenvalue weighted by atomic mass is 79.9. The van der Waals surface area contributed by atoms with Crippen LogP contribution >= 0.6 is 15.9 Å². The van der Waals surface area contributed by atoms with E-state index in [9.17, 15) is 13.6 Å². The molecule has 0 heterocycles. The third kappa shape index (κ3) is 3.22. The fraction of sp³-hybridized carbons (Fsp3) is 0.133. The van der Waals surface area contributed by atoms with Crippen LogP contribution in [-0.2, 0) is 6.54 Å². The largest absolute Gasteiger partial charge is 0.348 e. The topological polar surface area (TPSA) is 29.1 Å². The monoisotopic (exact) mass is 339 g/mol. The average molecular weight is 340 g/mol. The second-order valence-corrected chi connectivity index (χ2v) is 5.19. The minimum absolute atomic E-state index is 0.0611. The SMILES string of the molecule is Cc1c(Br)cccc1C(=O)NCc1cc(F)ccc1F. The van der Waals surface area contributed by atoms with Gasteiger partial charge in [-0.3, -0.25) is 4.79 Å². The summed E-state index contributed by atoms with van der Waals surface area (Å²) in [6, 6.07) is 8.41. The molecule has 0 aromatic heterocycles. The molecule has 104 valence electrons. The molecule has 5 heteroatoms. The van der Waals surface area contributed by atoms with Gasteiger partial charge in [-0.2, -0.15) is 0 Å². The molecule has 0 spiro atoms. The van der Waals surface area contributed by atoms with Crippen molar-refractivity contribution in [2.45, 2.75) is 13.5 Å². The van der Waals surface area contributed by atoms with Crippen LogP contribution in [0, 0.1) is 18.6 Å². The normalized spacial score (nSPS) is 10.4. The summed E-state index contributed by atoms with van der Waals surface area (Å²) in [7, 11) is 0. The van der Waals surface area contributed by atoms with E-state index in [1.807, 2.05) is 13.0 Å². The second kappa shape index (κ2) is 6.13. The van der Waals surface area contributed by atoms with Gasteiger partial charge in [0.2, 0.25) is 0 Å². The zero-order chi connectivity index (χ0) is 14.7. The third-order valence-corrected chi connectivity index (χ3v) is 3.82. The van der Waals surface area contributed by atoms with E-state index in [2.05, 4.69) is 21.2 Å². The Morgan fingerprint density at radius 1 is 1.25 bits per heavy atom. The van der Waals surface area contributed by atoms with Crippen molar-refractivity contribution in [2.75, 3.05) is 0 Å². The van der Waals surface area contributed by atoms with E-state index in [0.29, 0.717) is 5.56 Å². The number of rotatable bonds is 3. The zero-order valence-corrected chi connectivity index (χ0v) is 12.3. The Balaban J connectivity index is 2.13. The molecule has 0 aliphatic rings. The summed E-state index contributed by atoms with van der Waals surface area (Å²) in [6.45, 7) is 1.75. The molecule has 1 amide bonds. The van der Waals surface area contributed by atoms with E-state index in [0.717, 1.165) is 28.2 Å². The fourth-order valence-corrected chi connectivity index (χ4v) is 2.17. The smallest absolute Gasteiger partial charge is 0.251 e. The van der Waals surface area contributed by atoms with E-state index >= 15 is 0 Å². The van der Waals surface area contributed by atoms with Crippen molar-refractivity contribution in [1.29, 1.82) is 0 Å². The van der Waals surface area contributed by atoms with Gasteiger partial charge in [-0.05, 0) is 42.8 Å². The van der Waals surface area contributed by atoms with Crippen LogP contribution in [0.2, 0.25) is 0 Å². The lowest BCUT2D eigenvalue weighted by molar-refractivity contribution is 0.0950. The fourth-order valence-electron chi connectivity index (χ4n) is 1.80. The molecule has 20 heavy (non-hydrogen) atoms. The molecule has 0 atom stereocenters. The molecule has 0 aliphatic heterocycles. The maximum Gasteiger partial charge on any atom is 0.251 e. The van der Waals surface area contributed by atoms with Crippen molar-refractivity contribution >= 4 is 21.8 Å². The summed E-state index contributed by atoms with van der Waals surface area (Å²) in [4.78, 5) is 12.0. The molecular weight excluding hydrogens is 328 g/mol. The van der Waals surface area contributed by atoms with Crippen LogP contribution in [0.15, 0.2) is 40.9 Å². The standard InChI is InChI=1S/C15H12BrF2NO/c1-9-12(3-2-4-13(9)16)15(20)19-8-10-7-11(17)5-6-14(10)18/h2-7H,8H2,1H3,(H,19,20). The highest BCUT2D eigenvalue weighted by molar-refractivity contribution is 9.10. The lowest BCUT2D eigenvalue weighted by Crippen LogP contribution is -2.24. The number of hydrogen-bond donors (Lipinski definition) is 1. The molecule has 0 fully saturated rings. The van der Waals surface area contributed by atoms with E-state index < -0.39 is 11.6 Å². The van der Waals surface area contributed by atoms with Gasteiger partial charge in [0.15, 0.2) is 0 Å². The van der Waals surface area contributed by atoms with Crippen molar-refractivity contribution < 1.29 is 13.6 Å². The molecule has 0 aliphatic carbocycles. The van der Waals surface area contributed by atoms with Gasteiger partial charge >= 0.3 is 0 Å². The summed E-state index contributed by atoms with van der Waals surface area (Å²) in [6.07, 6.45) is 0. The van der Waals surface area contributed by atoms with Gasteiger partial charge in [0.1, 0.15) is 11.6 Å². The van der Waals surface area contributed by atoms with Crippen LogP contribution in [0.1, 0.15) is 21.5 Å². The molecule has 2 aromatic rings. The Morgan fingerprint density at radius 2 is 2.00 bits per heavy atom. The summed E-state index contributed by atoms with van der Waals surface area (Å²) >= 11 is 3.34. The number of carbonyl (C=O) groups is 1. The molecule has 2 nitrogen and oxygen atoms in total. The lowest BCUT2D eigenvalue weighted by atomic mass is 10.1. The molecular formula is C15H12BrF2NO. The van der Waals surface area contributed by atoms with Crippen LogP contribution in [0.4, 0.5) is 8.78 Å². The third-order valence-electron chi connectivity index (χ3n) is 2.96. The highest BCUT2D eigenvalue weighted by Gasteiger charge is 2.11. The van der Waals surface area contributed by atoms with Gasteiger partial charge < -0.3 is 5.32 Å². The predicted octanol–water partition coefficient (Wildman–Crippen LogP) is 3.97. The number of carbonyl (C=O) groups excluding carboxylic acids is 1. The molecule has 0 saturated heterocycles. The summed E-state index contributed by atoms with van der Waals surface area (Å²) < 4.78 is 27.3. The maximum absolute atomic E-state index is 13.4. The second-order valence-electron chi connectivity index (χ2n) is 4.33. The van der Waals surface area contributed by atoms with Crippen molar-refractivity contribution in [1.82, 2.24) is 5.32 Å². The van der Waals surface area contributed by atoms with Crippen molar-refractivity contribution in [3.05, 3.63) is 69.2 Å². The molecule has 1 N–H and O–H groups in total. The van der Waals surface area contributed by atoms with Crippen LogP contribution in [0.5, 0.6) is 0 Å². The van der Waals surface area contributed by atoms with Gasteiger partial charge in [0.25, 0.3) is 5.91 Å². The first kappa shape index (κ1) is 14.7. The Kier molecular flexibility index (Phi) is 4.49. The number of halogens is 3.